The topological polar surface area (TPSA) is 88.1 Å². The van der Waals surface area contributed by atoms with E-state index >= 15 is 0 Å². The van der Waals surface area contributed by atoms with Crippen LogP contribution >= 0.6 is 0 Å². The van der Waals surface area contributed by atoms with Gasteiger partial charge in [-0.05, 0) is 36.8 Å². The Bertz CT molecular complexity index is 1180. The molecule has 1 N–H and O–H groups in total. The minimum Gasteiger partial charge on any atom is -0.496 e. The summed E-state index contributed by atoms with van der Waals surface area (Å²) in [6, 6.07) is 22.9. The van der Waals surface area contributed by atoms with Gasteiger partial charge in [-0.1, -0.05) is 60.2 Å². The van der Waals surface area contributed by atoms with Crippen LogP contribution in [-0.2, 0) is 21.4 Å². The number of ether oxygens (including phenoxy) is 1. The van der Waals surface area contributed by atoms with Crippen molar-refractivity contribution in [3.63, 3.8) is 0 Å². The highest BCUT2D eigenvalue weighted by Crippen LogP contribution is 2.19. The van der Waals surface area contributed by atoms with E-state index in [2.05, 4.69) is 10.5 Å². The molecular formula is C24H25N3O4S. The third-order valence-corrected chi connectivity index (χ3v) is 6.52. The molecule has 0 saturated carbocycles. The molecule has 0 bridgehead atoms. The zero-order valence-corrected chi connectivity index (χ0v) is 18.7. The van der Waals surface area contributed by atoms with Crippen LogP contribution in [0.2, 0.25) is 0 Å². The molecule has 0 saturated heterocycles. The number of sulfonamides is 1. The molecule has 166 valence electrons. The van der Waals surface area contributed by atoms with Gasteiger partial charge in [0.05, 0.1) is 24.8 Å². The third-order valence-electron chi connectivity index (χ3n) is 4.71. The summed E-state index contributed by atoms with van der Waals surface area (Å²) in [6.07, 6.45) is 1.45. The highest BCUT2D eigenvalue weighted by Gasteiger charge is 2.26. The first-order valence-corrected chi connectivity index (χ1v) is 11.4. The van der Waals surface area contributed by atoms with Crippen molar-refractivity contribution in [1.29, 1.82) is 0 Å². The van der Waals surface area contributed by atoms with Gasteiger partial charge in [0.15, 0.2) is 0 Å². The summed E-state index contributed by atoms with van der Waals surface area (Å²) in [5.41, 5.74) is 4.80. The molecule has 0 aliphatic rings. The van der Waals surface area contributed by atoms with Gasteiger partial charge < -0.3 is 4.74 Å². The van der Waals surface area contributed by atoms with Gasteiger partial charge >= 0.3 is 0 Å². The maximum atomic E-state index is 13.3. The van der Waals surface area contributed by atoms with Crippen molar-refractivity contribution >= 4 is 22.1 Å². The van der Waals surface area contributed by atoms with E-state index in [9.17, 15) is 13.2 Å². The van der Waals surface area contributed by atoms with E-state index in [-0.39, 0.29) is 18.0 Å². The van der Waals surface area contributed by atoms with Crippen LogP contribution in [0.5, 0.6) is 5.75 Å². The molecule has 0 unspecified atom stereocenters. The number of hydrazone groups is 1. The molecule has 0 aliphatic heterocycles. The van der Waals surface area contributed by atoms with E-state index in [0.717, 1.165) is 15.4 Å². The predicted molar refractivity (Wildman–Crippen MR) is 124 cm³/mol. The zero-order valence-electron chi connectivity index (χ0n) is 17.9. The molecule has 0 atom stereocenters. The molecule has 0 heterocycles. The van der Waals surface area contributed by atoms with Gasteiger partial charge in [0.1, 0.15) is 5.75 Å². The van der Waals surface area contributed by atoms with E-state index in [1.807, 2.05) is 49.4 Å². The average molecular weight is 452 g/mol. The van der Waals surface area contributed by atoms with Gasteiger partial charge in [-0.3, -0.25) is 4.79 Å². The lowest BCUT2D eigenvalue weighted by Gasteiger charge is -2.21. The number of hydrogen-bond donors (Lipinski definition) is 1. The first kappa shape index (κ1) is 23.2. The van der Waals surface area contributed by atoms with Crippen molar-refractivity contribution in [2.24, 2.45) is 5.10 Å². The highest BCUT2D eigenvalue weighted by atomic mass is 32.2. The van der Waals surface area contributed by atoms with Crippen molar-refractivity contribution in [1.82, 2.24) is 9.73 Å². The minimum absolute atomic E-state index is 0.0562. The molecule has 0 spiro atoms. The Kier molecular flexibility index (Phi) is 7.75. The van der Waals surface area contributed by atoms with Gasteiger partial charge in [-0.25, -0.2) is 13.8 Å². The minimum atomic E-state index is -3.90. The summed E-state index contributed by atoms with van der Waals surface area (Å²) in [4.78, 5) is 12.7. The molecule has 3 aromatic rings. The number of para-hydroxylation sites is 1. The Hall–Kier alpha value is -3.49. The number of aryl methyl sites for hydroxylation is 1. The number of benzene rings is 3. The van der Waals surface area contributed by atoms with E-state index in [4.69, 9.17) is 4.74 Å². The molecule has 8 heteroatoms. The summed E-state index contributed by atoms with van der Waals surface area (Å²) < 4.78 is 32.9. The first-order chi connectivity index (χ1) is 15.4. The summed E-state index contributed by atoms with van der Waals surface area (Å²) in [5, 5.41) is 3.95. The molecule has 0 aliphatic carbocycles. The van der Waals surface area contributed by atoms with Crippen molar-refractivity contribution in [3.8, 4) is 5.75 Å². The van der Waals surface area contributed by atoms with Crippen molar-refractivity contribution in [2.45, 2.75) is 18.4 Å². The van der Waals surface area contributed by atoms with Crippen molar-refractivity contribution < 1.29 is 17.9 Å². The number of rotatable bonds is 9. The van der Waals surface area contributed by atoms with Gasteiger partial charge in [-0.15, -0.1) is 0 Å². The Morgan fingerprint density at radius 3 is 2.34 bits per heavy atom. The fourth-order valence-electron chi connectivity index (χ4n) is 3.01. The fraction of sp³-hybridized carbons (Fsp3) is 0.167. The molecule has 0 aromatic heterocycles. The number of methoxy groups -OCH3 is 1. The number of nitrogens with zero attached hydrogens (tertiary/aromatic N) is 2. The summed E-state index contributed by atoms with van der Waals surface area (Å²) in [7, 11) is -2.35. The number of carbonyl (C=O) groups excluding carboxylic acids is 1. The summed E-state index contributed by atoms with van der Waals surface area (Å²) >= 11 is 0. The maximum absolute atomic E-state index is 13.3. The predicted octanol–water partition coefficient (Wildman–Crippen LogP) is 3.34. The lowest BCUT2D eigenvalue weighted by Crippen LogP contribution is -2.39. The quantitative estimate of drug-likeness (QED) is 0.399. The van der Waals surface area contributed by atoms with Gasteiger partial charge in [0.25, 0.3) is 5.91 Å². The third kappa shape index (κ3) is 6.03. The van der Waals surface area contributed by atoms with Crippen LogP contribution in [-0.4, -0.2) is 38.5 Å². The average Bonchev–Trinajstić information content (AvgIpc) is 2.80. The Labute approximate surface area is 188 Å². The highest BCUT2D eigenvalue weighted by molar-refractivity contribution is 7.89. The van der Waals surface area contributed by atoms with E-state index in [1.54, 1.807) is 43.5 Å². The second kappa shape index (κ2) is 10.7. The number of carbonyl (C=O) groups is 1. The van der Waals surface area contributed by atoms with E-state index < -0.39 is 15.9 Å². The standard InChI is InChI=1S/C24H25N3O4S/c1-19-12-14-22(15-13-19)32(29,30)27(17-20-8-4-3-5-9-20)18-24(28)26-25-16-21-10-6-7-11-23(21)31-2/h3-16H,17-18H2,1-2H3,(H,26,28)/b25-16-. The molecule has 3 rings (SSSR count). The van der Waals surface area contributed by atoms with E-state index in [0.29, 0.717) is 11.3 Å². The van der Waals surface area contributed by atoms with Crippen LogP contribution in [0.15, 0.2) is 88.9 Å². The largest absolute Gasteiger partial charge is 0.496 e. The van der Waals surface area contributed by atoms with Crippen LogP contribution in [0.3, 0.4) is 0 Å². The Morgan fingerprint density at radius 2 is 1.66 bits per heavy atom. The SMILES string of the molecule is COc1ccccc1/C=N\NC(=O)CN(Cc1ccccc1)S(=O)(=O)c1ccc(C)cc1. The smallest absolute Gasteiger partial charge is 0.255 e. The van der Waals surface area contributed by atoms with Crippen molar-refractivity contribution in [2.75, 3.05) is 13.7 Å². The van der Waals surface area contributed by atoms with Gasteiger partial charge in [0.2, 0.25) is 10.0 Å². The number of nitrogens with one attached hydrogen (secondary N) is 1. The van der Waals surface area contributed by atoms with Crippen LogP contribution in [0, 0.1) is 6.92 Å². The molecule has 3 aromatic carbocycles. The Balaban J connectivity index is 1.78. The molecule has 32 heavy (non-hydrogen) atoms. The lowest BCUT2D eigenvalue weighted by molar-refractivity contribution is -0.121. The lowest BCUT2D eigenvalue weighted by atomic mass is 10.2. The normalized spacial score (nSPS) is 11.6. The van der Waals surface area contributed by atoms with Gasteiger partial charge in [-0.2, -0.15) is 9.41 Å². The molecular weight excluding hydrogens is 426 g/mol. The zero-order chi connectivity index (χ0) is 23.0. The Morgan fingerprint density at radius 1 is 1.00 bits per heavy atom. The summed E-state index contributed by atoms with van der Waals surface area (Å²) in [6.45, 7) is 1.56. The van der Waals surface area contributed by atoms with Crippen LogP contribution < -0.4 is 10.2 Å². The molecule has 0 radical (unpaired) electrons. The molecule has 1 amide bonds. The van der Waals surface area contributed by atoms with Crippen molar-refractivity contribution in [3.05, 3.63) is 95.6 Å². The monoisotopic (exact) mass is 451 g/mol. The van der Waals surface area contributed by atoms with Crippen LogP contribution in [0.25, 0.3) is 0 Å². The van der Waals surface area contributed by atoms with Crippen LogP contribution in [0.4, 0.5) is 0 Å². The molecule has 0 fully saturated rings. The summed E-state index contributed by atoms with van der Waals surface area (Å²) in [5.74, 6) is 0.0564. The first-order valence-electron chi connectivity index (χ1n) is 9.96. The number of amides is 1. The number of hydrogen-bond acceptors (Lipinski definition) is 5. The molecule has 7 nitrogen and oxygen atoms in total. The van der Waals surface area contributed by atoms with E-state index in [1.165, 1.54) is 6.21 Å². The van der Waals surface area contributed by atoms with Crippen LogP contribution in [0.1, 0.15) is 16.7 Å². The fourth-order valence-corrected chi connectivity index (χ4v) is 4.40. The second-order valence-electron chi connectivity index (χ2n) is 7.11. The maximum Gasteiger partial charge on any atom is 0.255 e. The van der Waals surface area contributed by atoms with Gasteiger partial charge in [0, 0.05) is 12.1 Å². The second-order valence-corrected chi connectivity index (χ2v) is 9.04.